The zero-order valence-corrected chi connectivity index (χ0v) is 20.3. The van der Waals surface area contributed by atoms with Gasteiger partial charge < -0.3 is 0 Å². The monoisotopic (exact) mass is 465 g/mol. The average Bonchev–Trinajstić information content (AvgIpc) is 3.35. The third-order valence-corrected chi connectivity index (χ3v) is 6.64. The van der Waals surface area contributed by atoms with E-state index in [4.69, 9.17) is 0 Å². The largest absolute Gasteiger partial charge is 0.297 e. The lowest BCUT2D eigenvalue weighted by Crippen LogP contribution is -2.48. The van der Waals surface area contributed by atoms with Crippen LogP contribution in [0.4, 0.5) is 0 Å². The summed E-state index contributed by atoms with van der Waals surface area (Å²) in [4.78, 5) is 9.38. The van der Waals surface area contributed by atoms with Crippen molar-refractivity contribution < 1.29 is 0 Å². The molecule has 35 heavy (non-hydrogen) atoms. The summed E-state index contributed by atoms with van der Waals surface area (Å²) < 4.78 is 1.91. The fourth-order valence-corrected chi connectivity index (χ4v) is 4.83. The van der Waals surface area contributed by atoms with E-state index in [1.54, 1.807) is 0 Å². The highest BCUT2D eigenvalue weighted by Gasteiger charge is 2.31. The molecule has 1 aliphatic heterocycles. The van der Waals surface area contributed by atoms with E-state index in [2.05, 4.69) is 105 Å². The van der Waals surface area contributed by atoms with Crippen LogP contribution < -0.4 is 0 Å². The Hall–Kier alpha value is -3.68. The fourth-order valence-electron chi connectivity index (χ4n) is 4.83. The highest BCUT2D eigenvalue weighted by atomic mass is 15.6. The number of hydrogen-bond acceptors (Lipinski definition) is 6. The lowest BCUT2D eigenvalue weighted by Gasteiger charge is -2.38. The zero-order chi connectivity index (χ0) is 24.0. The number of rotatable bonds is 7. The molecule has 0 amide bonds. The quantitative estimate of drug-likeness (QED) is 0.410. The first-order valence-corrected chi connectivity index (χ1v) is 12.1. The lowest BCUT2D eigenvalue weighted by atomic mass is 10.0. The van der Waals surface area contributed by atoms with E-state index in [0.717, 1.165) is 60.9 Å². The van der Waals surface area contributed by atoms with Crippen molar-refractivity contribution in [2.75, 3.05) is 32.7 Å². The minimum absolute atomic E-state index is 0.0697. The molecular formula is C28H31N7. The van der Waals surface area contributed by atoms with Crippen molar-refractivity contribution in [3.8, 4) is 5.69 Å². The summed E-state index contributed by atoms with van der Waals surface area (Å²) >= 11 is 0. The highest BCUT2D eigenvalue weighted by molar-refractivity contribution is 5.49. The van der Waals surface area contributed by atoms with E-state index in [1.807, 2.05) is 29.2 Å². The van der Waals surface area contributed by atoms with Crippen LogP contribution in [0.15, 0.2) is 79.1 Å². The molecule has 5 rings (SSSR count). The van der Waals surface area contributed by atoms with Crippen LogP contribution in [0.25, 0.3) is 11.8 Å². The minimum Gasteiger partial charge on any atom is -0.297 e. The minimum atomic E-state index is -0.0697. The van der Waals surface area contributed by atoms with Gasteiger partial charge in [0, 0.05) is 45.1 Å². The molecule has 178 valence electrons. The summed E-state index contributed by atoms with van der Waals surface area (Å²) in [5.41, 5.74) is 5.69. The lowest BCUT2D eigenvalue weighted by molar-refractivity contribution is 0.113. The number of aromatic nitrogens is 5. The van der Waals surface area contributed by atoms with Crippen molar-refractivity contribution in [3.05, 3.63) is 107 Å². The van der Waals surface area contributed by atoms with Crippen molar-refractivity contribution in [3.63, 3.8) is 0 Å². The van der Waals surface area contributed by atoms with Crippen LogP contribution in [0.3, 0.4) is 0 Å². The first-order valence-electron chi connectivity index (χ1n) is 12.1. The van der Waals surface area contributed by atoms with Gasteiger partial charge in [-0.2, -0.15) is 4.68 Å². The van der Waals surface area contributed by atoms with Crippen molar-refractivity contribution in [1.29, 1.82) is 0 Å². The third-order valence-electron chi connectivity index (χ3n) is 6.64. The molecule has 0 unspecified atom stereocenters. The predicted octanol–water partition coefficient (Wildman–Crippen LogP) is 4.09. The molecule has 0 radical (unpaired) electrons. The second-order valence-corrected chi connectivity index (χ2v) is 9.03. The molecule has 4 aromatic rings. The molecular weight excluding hydrogens is 434 g/mol. The van der Waals surface area contributed by atoms with Gasteiger partial charge in [-0.1, -0.05) is 66.7 Å². The van der Waals surface area contributed by atoms with Gasteiger partial charge in [0.05, 0.1) is 11.7 Å². The van der Waals surface area contributed by atoms with Crippen molar-refractivity contribution in [1.82, 2.24) is 35.0 Å². The van der Waals surface area contributed by atoms with Gasteiger partial charge in [-0.3, -0.25) is 14.8 Å². The number of para-hydroxylation sites is 1. The number of hydrogen-bond donors (Lipinski definition) is 0. The Balaban J connectivity index is 1.37. The fraction of sp³-hybridized carbons (Fsp3) is 0.286. The second kappa shape index (κ2) is 10.7. The van der Waals surface area contributed by atoms with Crippen LogP contribution in [0, 0.1) is 13.8 Å². The molecule has 0 aliphatic carbocycles. The average molecular weight is 466 g/mol. The summed E-state index contributed by atoms with van der Waals surface area (Å²) in [6.45, 7) is 8.99. The van der Waals surface area contributed by atoms with Crippen LogP contribution in [0.2, 0.25) is 0 Å². The zero-order valence-electron chi connectivity index (χ0n) is 20.3. The number of pyridine rings is 1. The van der Waals surface area contributed by atoms with Gasteiger partial charge in [0.1, 0.15) is 0 Å². The Bertz CT molecular complexity index is 1240. The Labute approximate surface area is 206 Å². The number of aryl methyl sites for hydroxylation is 2. The molecule has 7 heteroatoms. The molecule has 7 nitrogen and oxygen atoms in total. The second-order valence-electron chi connectivity index (χ2n) is 9.03. The Morgan fingerprint density at radius 2 is 1.66 bits per heavy atom. The molecule has 0 saturated carbocycles. The van der Waals surface area contributed by atoms with Crippen LogP contribution >= 0.6 is 0 Å². The third kappa shape index (κ3) is 5.21. The van der Waals surface area contributed by atoms with Crippen LogP contribution in [-0.2, 0) is 0 Å². The predicted molar refractivity (Wildman–Crippen MR) is 138 cm³/mol. The maximum absolute atomic E-state index is 4.54. The highest BCUT2D eigenvalue weighted by Crippen LogP contribution is 2.30. The summed E-state index contributed by atoms with van der Waals surface area (Å²) in [6, 6.07) is 20.8. The summed E-state index contributed by atoms with van der Waals surface area (Å²) in [5.74, 6) is 0.827. The van der Waals surface area contributed by atoms with Crippen LogP contribution in [0.5, 0.6) is 0 Å². The van der Waals surface area contributed by atoms with E-state index in [9.17, 15) is 0 Å². The van der Waals surface area contributed by atoms with Crippen molar-refractivity contribution in [2.24, 2.45) is 0 Å². The van der Waals surface area contributed by atoms with Crippen molar-refractivity contribution >= 4 is 6.08 Å². The Kier molecular flexibility index (Phi) is 7.07. The number of tetrazole rings is 1. The number of nitrogens with zero attached hydrogens (tertiary/aromatic N) is 7. The van der Waals surface area contributed by atoms with E-state index in [1.165, 1.54) is 5.56 Å². The van der Waals surface area contributed by atoms with Gasteiger partial charge in [0.2, 0.25) is 0 Å². The summed E-state index contributed by atoms with van der Waals surface area (Å²) in [7, 11) is 0. The smallest absolute Gasteiger partial charge is 0.178 e. The number of piperazine rings is 1. The molecule has 0 N–H and O–H groups in total. The van der Waals surface area contributed by atoms with E-state index >= 15 is 0 Å². The molecule has 1 aliphatic rings. The summed E-state index contributed by atoms with van der Waals surface area (Å²) in [6.07, 6.45) is 8.20. The molecule has 0 bridgehead atoms. The maximum atomic E-state index is 4.54. The molecule has 2 aromatic heterocycles. The van der Waals surface area contributed by atoms with Crippen LogP contribution in [-0.4, -0.2) is 67.7 Å². The van der Waals surface area contributed by atoms with E-state index in [-0.39, 0.29) is 6.04 Å². The van der Waals surface area contributed by atoms with Gasteiger partial charge in [0.25, 0.3) is 0 Å². The molecule has 2 aromatic carbocycles. The van der Waals surface area contributed by atoms with Crippen LogP contribution in [0.1, 0.15) is 34.1 Å². The maximum Gasteiger partial charge on any atom is 0.178 e. The van der Waals surface area contributed by atoms with Gasteiger partial charge >= 0.3 is 0 Å². The SMILES string of the molecule is Cc1cccc(C)c1-n1nnnc1[C@@H](c1cccnc1)N1CCN(C/C=C/c2ccccc2)CC1. The molecule has 3 heterocycles. The van der Waals surface area contributed by atoms with E-state index in [0.29, 0.717) is 0 Å². The molecule has 1 fully saturated rings. The Morgan fingerprint density at radius 1 is 0.886 bits per heavy atom. The number of benzene rings is 2. The first-order chi connectivity index (χ1) is 17.2. The molecule has 0 spiro atoms. The Morgan fingerprint density at radius 3 is 2.37 bits per heavy atom. The van der Waals surface area contributed by atoms with Crippen molar-refractivity contribution in [2.45, 2.75) is 19.9 Å². The normalized spacial score (nSPS) is 16.1. The molecule has 1 saturated heterocycles. The van der Waals surface area contributed by atoms with Gasteiger partial charge in [-0.05, 0) is 52.6 Å². The summed E-state index contributed by atoms with van der Waals surface area (Å²) in [5, 5.41) is 13.1. The van der Waals surface area contributed by atoms with E-state index < -0.39 is 0 Å². The van der Waals surface area contributed by atoms with Gasteiger partial charge in [-0.25, -0.2) is 0 Å². The standard InChI is InChI=1S/C28H31N7/c1-22-9-6-10-23(2)26(22)35-28(30-31-32-35)27(25-14-7-15-29-21-25)34-19-17-33(18-20-34)16-8-13-24-11-4-3-5-12-24/h3-15,21,27H,16-20H2,1-2H3/b13-8+/t27-/m1/s1. The van der Waals surface area contributed by atoms with Gasteiger partial charge in [-0.15, -0.1) is 5.10 Å². The first kappa shape index (κ1) is 23.1. The van der Waals surface area contributed by atoms with Gasteiger partial charge in [0.15, 0.2) is 5.82 Å². The molecule has 1 atom stereocenters. The topological polar surface area (TPSA) is 63.0 Å².